The zero-order valence-electron chi connectivity index (χ0n) is 16.0. The van der Waals surface area contributed by atoms with Crippen molar-refractivity contribution >= 4 is 21.6 Å². The number of para-hydroxylation sites is 2. The molecule has 0 atom stereocenters. The first kappa shape index (κ1) is 20.9. The van der Waals surface area contributed by atoms with E-state index in [4.69, 9.17) is 4.74 Å². The summed E-state index contributed by atoms with van der Waals surface area (Å²) in [5, 5.41) is 2.67. The molecule has 0 saturated heterocycles. The Hall–Kier alpha value is -2.38. The van der Waals surface area contributed by atoms with Crippen LogP contribution < -0.4 is 14.8 Å². The molecule has 1 amide bonds. The first-order chi connectivity index (χ1) is 12.7. The lowest BCUT2D eigenvalue weighted by Crippen LogP contribution is -2.33. The molecule has 0 aromatic heterocycles. The van der Waals surface area contributed by atoms with Crippen molar-refractivity contribution in [2.45, 2.75) is 44.6 Å². The number of rotatable bonds is 8. The van der Waals surface area contributed by atoms with E-state index in [1.165, 1.54) is 0 Å². The van der Waals surface area contributed by atoms with Crippen LogP contribution in [0, 0.1) is 0 Å². The Bertz CT molecular complexity index is 875. The highest BCUT2D eigenvalue weighted by Gasteiger charge is 2.16. The average molecular weight is 391 g/mol. The summed E-state index contributed by atoms with van der Waals surface area (Å²) in [5.74, 6) is 0.374. The molecular weight excluding hydrogens is 364 g/mol. The quantitative estimate of drug-likeness (QED) is 0.722. The first-order valence-corrected chi connectivity index (χ1v) is 10.3. The van der Waals surface area contributed by atoms with Gasteiger partial charge in [-0.25, -0.2) is 13.1 Å². The van der Waals surface area contributed by atoms with E-state index in [0.717, 1.165) is 5.56 Å². The lowest BCUT2D eigenvalue weighted by atomic mass is 10.0. The smallest absolute Gasteiger partial charge is 0.241 e. The molecule has 146 valence electrons. The molecule has 0 aliphatic heterocycles. The third-order valence-corrected chi connectivity index (χ3v) is 5.22. The molecule has 0 aliphatic carbocycles. The molecule has 6 nitrogen and oxygen atoms in total. The van der Waals surface area contributed by atoms with Gasteiger partial charge in [-0.1, -0.05) is 38.1 Å². The fourth-order valence-electron chi connectivity index (χ4n) is 2.40. The predicted molar refractivity (Wildman–Crippen MR) is 107 cm³/mol. The van der Waals surface area contributed by atoms with E-state index in [9.17, 15) is 13.2 Å². The maximum atomic E-state index is 12.4. The number of sulfonamides is 1. The molecule has 0 aliphatic rings. The Morgan fingerprint density at radius 2 is 1.63 bits per heavy atom. The van der Waals surface area contributed by atoms with Crippen molar-refractivity contribution in [2.75, 3.05) is 11.9 Å². The maximum absolute atomic E-state index is 12.4. The van der Waals surface area contributed by atoms with Gasteiger partial charge in [-0.2, -0.15) is 0 Å². The Morgan fingerprint density at radius 3 is 2.22 bits per heavy atom. The minimum atomic E-state index is -3.76. The number of nitrogens with one attached hydrogen (secondary N) is 2. The molecule has 0 unspecified atom stereocenters. The van der Waals surface area contributed by atoms with E-state index in [2.05, 4.69) is 10.0 Å². The monoisotopic (exact) mass is 390 g/mol. The van der Waals surface area contributed by atoms with E-state index in [1.807, 2.05) is 27.7 Å². The minimum absolute atomic E-state index is 0.0460. The van der Waals surface area contributed by atoms with E-state index in [0.29, 0.717) is 17.4 Å². The summed E-state index contributed by atoms with van der Waals surface area (Å²) < 4.78 is 32.7. The van der Waals surface area contributed by atoms with Gasteiger partial charge in [-0.05, 0) is 49.6 Å². The number of carbonyl (C=O) groups excluding carboxylic acids is 1. The number of hydrogen-bond donors (Lipinski definition) is 2. The summed E-state index contributed by atoms with van der Waals surface area (Å²) in [4.78, 5) is 12.3. The van der Waals surface area contributed by atoms with Crippen molar-refractivity contribution in [1.29, 1.82) is 0 Å². The van der Waals surface area contributed by atoms with Crippen LogP contribution in [0.15, 0.2) is 53.4 Å². The second kappa shape index (κ2) is 9.01. The van der Waals surface area contributed by atoms with Gasteiger partial charge >= 0.3 is 0 Å². The summed E-state index contributed by atoms with van der Waals surface area (Å²) in [5.41, 5.74) is 1.55. The van der Waals surface area contributed by atoms with Gasteiger partial charge in [0, 0.05) is 0 Å². The van der Waals surface area contributed by atoms with Gasteiger partial charge in [-0.15, -0.1) is 0 Å². The highest BCUT2D eigenvalue weighted by atomic mass is 32.2. The molecule has 0 radical (unpaired) electrons. The summed E-state index contributed by atoms with van der Waals surface area (Å²) in [6.07, 6.45) is -0.0460. The van der Waals surface area contributed by atoms with Crippen molar-refractivity contribution in [3.63, 3.8) is 0 Å². The van der Waals surface area contributed by atoms with Gasteiger partial charge in [0.25, 0.3) is 0 Å². The third-order valence-electron chi connectivity index (χ3n) is 3.80. The maximum Gasteiger partial charge on any atom is 0.241 e. The van der Waals surface area contributed by atoms with Crippen LogP contribution in [0.3, 0.4) is 0 Å². The van der Waals surface area contributed by atoms with Crippen LogP contribution >= 0.6 is 0 Å². The van der Waals surface area contributed by atoms with Crippen LogP contribution in [0.5, 0.6) is 5.75 Å². The fraction of sp³-hybridized carbons (Fsp3) is 0.350. The molecule has 0 saturated carbocycles. The summed E-state index contributed by atoms with van der Waals surface area (Å²) in [6.45, 7) is 7.47. The zero-order valence-corrected chi connectivity index (χ0v) is 16.8. The Balaban J connectivity index is 2.00. The molecule has 2 rings (SSSR count). The molecule has 0 fully saturated rings. The molecular formula is C20H26N2O4S. The lowest BCUT2D eigenvalue weighted by molar-refractivity contribution is -0.115. The summed E-state index contributed by atoms with van der Waals surface area (Å²) in [7, 11) is -3.76. The van der Waals surface area contributed by atoms with E-state index < -0.39 is 15.9 Å². The Morgan fingerprint density at radius 1 is 1.00 bits per heavy atom. The zero-order chi connectivity index (χ0) is 20.0. The Kier molecular flexibility index (Phi) is 6.98. The van der Waals surface area contributed by atoms with Crippen LogP contribution in [-0.4, -0.2) is 27.0 Å². The fourth-order valence-corrected chi connectivity index (χ4v) is 3.38. The number of amides is 1. The first-order valence-electron chi connectivity index (χ1n) is 8.84. The number of benzene rings is 2. The third kappa shape index (κ3) is 6.08. The largest absolute Gasteiger partial charge is 0.489 e. The molecule has 7 heteroatoms. The highest BCUT2D eigenvalue weighted by Crippen LogP contribution is 2.24. The molecule has 0 heterocycles. The van der Waals surface area contributed by atoms with Crippen molar-refractivity contribution in [3.8, 4) is 5.75 Å². The topological polar surface area (TPSA) is 84.5 Å². The number of anilines is 1. The number of hydrogen-bond acceptors (Lipinski definition) is 4. The molecule has 2 aromatic carbocycles. The van der Waals surface area contributed by atoms with E-state index in [-0.39, 0.29) is 17.5 Å². The van der Waals surface area contributed by atoms with Crippen LogP contribution in [0.25, 0.3) is 0 Å². The summed E-state index contributed by atoms with van der Waals surface area (Å²) in [6, 6.07) is 13.7. The van der Waals surface area contributed by atoms with Crippen molar-refractivity contribution < 1.29 is 17.9 Å². The molecule has 27 heavy (non-hydrogen) atoms. The second-order valence-electron chi connectivity index (χ2n) is 6.76. The SMILES string of the molecule is CC(C)Oc1ccccc1NC(=O)CNS(=O)(=O)c1ccc(C(C)C)cc1. The summed E-state index contributed by atoms with van der Waals surface area (Å²) >= 11 is 0. The standard InChI is InChI=1S/C20H26N2O4S/c1-14(2)16-9-11-17(12-10-16)27(24,25)21-13-20(23)22-18-7-5-6-8-19(18)26-15(3)4/h5-12,14-15,21H,13H2,1-4H3,(H,22,23). The van der Waals surface area contributed by atoms with Crippen molar-refractivity contribution in [1.82, 2.24) is 4.72 Å². The van der Waals surface area contributed by atoms with Gasteiger partial charge in [0.15, 0.2) is 0 Å². The van der Waals surface area contributed by atoms with Gasteiger partial charge in [0.1, 0.15) is 5.75 Å². The lowest BCUT2D eigenvalue weighted by Gasteiger charge is -2.15. The number of ether oxygens (including phenoxy) is 1. The van der Waals surface area contributed by atoms with Gasteiger partial charge in [0.05, 0.1) is 23.2 Å². The van der Waals surface area contributed by atoms with Crippen LogP contribution in [0.2, 0.25) is 0 Å². The molecule has 0 spiro atoms. The van der Waals surface area contributed by atoms with Crippen molar-refractivity contribution in [3.05, 3.63) is 54.1 Å². The molecule has 2 aromatic rings. The number of carbonyl (C=O) groups is 1. The highest BCUT2D eigenvalue weighted by molar-refractivity contribution is 7.89. The van der Waals surface area contributed by atoms with Crippen LogP contribution in [0.1, 0.15) is 39.2 Å². The van der Waals surface area contributed by atoms with Crippen LogP contribution in [0.4, 0.5) is 5.69 Å². The van der Waals surface area contributed by atoms with Gasteiger partial charge in [-0.3, -0.25) is 4.79 Å². The molecule has 0 bridgehead atoms. The average Bonchev–Trinajstić information content (AvgIpc) is 2.61. The van der Waals surface area contributed by atoms with E-state index in [1.54, 1.807) is 48.5 Å². The van der Waals surface area contributed by atoms with Crippen molar-refractivity contribution in [2.24, 2.45) is 0 Å². The van der Waals surface area contributed by atoms with Gasteiger partial charge in [0.2, 0.25) is 15.9 Å². The second-order valence-corrected chi connectivity index (χ2v) is 8.53. The minimum Gasteiger partial charge on any atom is -0.489 e. The Labute approximate surface area is 161 Å². The van der Waals surface area contributed by atoms with Gasteiger partial charge < -0.3 is 10.1 Å². The normalized spacial score (nSPS) is 11.6. The van der Waals surface area contributed by atoms with E-state index >= 15 is 0 Å². The predicted octanol–water partition coefficient (Wildman–Crippen LogP) is 3.51. The van der Waals surface area contributed by atoms with Crippen LogP contribution in [-0.2, 0) is 14.8 Å². The molecule has 2 N–H and O–H groups in total.